The van der Waals surface area contributed by atoms with Gasteiger partial charge in [0.05, 0.1) is 10.6 Å². The number of pyridine rings is 1. The van der Waals surface area contributed by atoms with Gasteiger partial charge in [-0.1, -0.05) is 0 Å². The molecule has 3 N–H and O–H groups in total. The number of benzene rings is 1. The van der Waals surface area contributed by atoms with Crippen molar-refractivity contribution in [2.75, 3.05) is 5.32 Å². The quantitative estimate of drug-likeness (QED) is 0.677. The van der Waals surface area contributed by atoms with Crippen molar-refractivity contribution in [2.45, 2.75) is 4.90 Å². The lowest BCUT2D eigenvalue weighted by Gasteiger charge is -2.12. The lowest BCUT2D eigenvalue weighted by atomic mass is 10.2. The van der Waals surface area contributed by atoms with Gasteiger partial charge < -0.3 is 5.32 Å². The summed E-state index contributed by atoms with van der Waals surface area (Å²) in [5.74, 6) is 0. The Balaban J connectivity index is 2.14. The van der Waals surface area contributed by atoms with E-state index in [0.29, 0.717) is 11.4 Å². The van der Waals surface area contributed by atoms with Gasteiger partial charge in [-0.15, -0.1) is 0 Å². The third kappa shape index (κ3) is 2.92. The van der Waals surface area contributed by atoms with Crippen LogP contribution < -0.4 is 21.7 Å². The first-order valence-corrected chi connectivity index (χ1v) is 8.69. The molecule has 0 bridgehead atoms. The molecule has 0 spiro atoms. The van der Waals surface area contributed by atoms with Crippen molar-refractivity contribution in [1.82, 2.24) is 14.1 Å². The molecule has 25 heavy (non-hydrogen) atoms. The van der Waals surface area contributed by atoms with Crippen LogP contribution in [0.2, 0.25) is 0 Å². The number of nitrogens with two attached hydrogens (primary N) is 1. The molecule has 2 heterocycles. The highest BCUT2D eigenvalue weighted by Gasteiger charge is 2.14. The van der Waals surface area contributed by atoms with E-state index in [-0.39, 0.29) is 15.9 Å². The van der Waals surface area contributed by atoms with Crippen LogP contribution in [-0.4, -0.2) is 22.5 Å². The highest BCUT2D eigenvalue weighted by molar-refractivity contribution is 7.89. The third-order valence-electron chi connectivity index (χ3n) is 3.80. The monoisotopic (exact) mass is 361 g/mol. The highest BCUT2D eigenvalue weighted by atomic mass is 32.2. The summed E-state index contributed by atoms with van der Waals surface area (Å²) in [6, 6.07) is 7.36. The van der Waals surface area contributed by atoms with Crippen LogP contribution in [0, 0.1) is 0 Å². The molecule has 1 aromatic carbocycles. The Morgan fingerprint density at radius 2 is 1.68 bits per heavy atom. The Morgan fingerprint density at radius 1 is 1.04 bits per heavy atom. The van der Waals surface area contributed by atoms with Gasteiger partial charge in [-0.05, 0) is 30.3 Å². The van der Waals surface area contributed by atoms with Crippen molar-refractivity contribution < 1.29 is 8.42 Å². The fourth-order valence-electron chi connectivity index (χ4n) is 2.47. The summed E-state index contributed by atoms with van der Waals surface area (Å²) >= 11 is 0. The van der Waals surface area contributed by atoms with Crippen molar-refractivity contribution >= 4 is 32.4 Å². The van der Waals surface area contributed by atoms with Gasteiger partial charge in [-0.3, -0.25) is 13.9 Å². The number of hydrogen-bond donors (Lipinski definition) is 2. The maximum absolute atomic E-state index is 12.5. The van der Waals surface area contributed by atoms with Crippen molar-refractivity contribution in [2.24, 2.45) is 19.2 Å². The van der Waals surface area contributed by atoms with Crippen LogP contribution in [0.1, 0.15) is 0 Å². The predicted octanol–water partition coefficient (Wildman–Crippen LogP) is 0.0232. The molecule has 0 amide bonds. The van der Waals surface area contributed by atoms with Crippen molar-refractivity contribution in [3.05, 3.63) is 57.4 Å². The molecule has 0 saturated carbocycles. The molecule has 9 nitrogen and oxygen atoms in total. The lowest BCUT2D eigenvalue weighted by Crippen LogP contribution is -2.37. The van der Waals surface area contributed by atoms with E-state index in [2.05, 4.69) is 10.3 Å². The number of anilines is 2. The lowest BCUT2D eigenvalue weighted by molar-refractivity contribution is 0.598. The molecule has 2 aromatic heterocycles. The van der Waals surface area contributed by atoms with E-state index in [0.717, 1.165) is 4.57 Å². The minimum atomic E-state index is -3.78. The number of primary sulfonamides is 1. The molecule has 0 atom stereocenters. The van der Waals surface area contributed by atoms with Crippen LogP contribution in [0.3, 0.4) is 0 Å². The fraction of sp³-hybridized carbons (Fsp3) is 0.133. The second-order valence-corrected chi connectivity index (χ2v) is 7.02. The molecule has 0 aliphatic rings. The third-order valence-corrected chi connectivity index (χ3v) is 4.73. The first-order valence-electron chi connectivity index (χ1n) is 7.15. The molecule has 0 saturated heterocycles. The van der Waals surface area contributed by atoms with Gasteiger partial charge in [-0.25, -0.2) is 23.3 Å². The fourth-order valence-corrected chi connectivity index (χ4v) is 2.99. The SMILES string of the molecule is Cn1c(=O)c2c(Nc3ccc(S(N)(=O)=O)cc3)ccnc2n(C)c1=O. The summed E-state index contributed by atoms with van der Waals surface area (Å²) in [5, 5.41) is 8.36. The van der Waals surface area contributed by atoms with Crippen LogP contribution in [-0.2, 0) is 24.1 Å². The zero-order valence-electron chi connectivity index (χ0n) is 13.4. The van der Waals surface area contributed by atoms with Gasteiger partial charge in [-0.2, -0.15) is 0 Å². The normalized spacial score (nSPS) is 11.6. The molecule has 3 aromatic rings. The highest BCUT2D eigenvalue weighted by Crippen LogP contribution is 2.22. The number of sulfonamides is 1. The van der Waals surface area contributed by atoms with Crippen LogP contribution in [0.4, 0.5) is 11.4 Å². The minimum Gasteiger partial charge on any atom is -0.355 e. The van der Waals surface area contributed by atoms with Crippen molar-refractivity contribution in [3.63, 3.8) is 0 Å². The number of fused-ring (bicyclic) bond motifs is 1. The molecule has 0 unspecified atom stereocenters. The zero-order chi connectivity index (χ0) is 18.4. The molecular weight excluding hydrogens is 346 g/mol. The van der Waals surface area contributed by atoms with Gasteiger partial charge in [0.15, 0.2) is 5.65 Å². The summed E-state index contributed by atoms with van der Waals surface area (Å²) < 4.78 is 24.9. The molecule has 130 valence electrons. The average molecular weight is 361 g/mol. The maximum Gasteiger partial charge on any atom is 0.332 e. The van der Waals surface area contributed by atoms with Crippen molar-refractivity contribution in [3.8, 4) is 0 Å². The Kier molecular flexibility index (Phi) is 3.93. The number of aromatic nitrogens is 3. The first kappa shape index (κ1) is 16.9. The topological polar surface area (TPSA) is 129 Å². The van der Waals surface area contributed by atoms with Crippen LogP contribution in [0.25, 0.3) is 11.0 Å². The van der Waals surface area contributed by atoms with Crippen LogP contribution in [0.15, 0.2) is 51.0 Å². The number of rotatable bonds is 3. The molecule has 0 aliphatic heterocycles. The largest absolute Gasteiger partial charge is 0.355 e. The van der Waals surface area contributed by atoms with E-state index in [1.54, 1.807) is 6.07 Å². The molecule has 10 heteroatoms. The second-order valence-electron chi connectivity index (χ2n) is 5.46. The van der Waals surface area contributed by atoms with Gasteiger partial charge in [0, 0.05) is 26.0 Å². The Hall–Kier alpha value is -2.98. The Labute approximate surface area is 142 Å². The van der Waals surface area contributed by atoms with Gasteiger partial charge >= 0.3 is 5.69 Å². The van der Waals surface area contributed by atoms with Crippen LogP contribution >= 0.6 is 0 Å². The van der Waals surface area contributed by atoms with Gasteiger partial charge in [0.2, 0.25) is 10.0 Å². The summed E-state index contributed by atoms with van der Waals surface area (Å²) in [4.78, 5) is 28.6. The second kappa shape index (κ2) is 5.83. The Morgan fingerprint density at radius 3 is 2.28 bits per heavy atom. The van der Waals surface area contributed by atoms with E-state index in [9.17, 15) is 18.0 Å². The smallest absolute Gasteiger partial charge is 0.332 e. The van der Waals surface area contributed by atoms with Gasteiger partial charge in [0.25, 0.3) is 5.56 Å². The molecular formula is C15H15N5O4S. The van der Waals surface area contributed by atoms with Crippen molar-refractivity contribution in [1.29, 1.82) is 0 Å². The summed E-state index contributed by atoms with van der Waals surface area (Å²) in [7, 11) is -0.859. The van der Waals surface area contributed by atoms with Crippen LogP contribution in [0.5, 0.6) is 0 Å². The van der Waals surface area contributed by atoms with Gasteiger partial charge in [0.1, 0.15) is 5.39 Å². The summed E-state index contributed by atoms with van der Waals surface area (Å²) in [5.41, 5.74) is 0.300. The van der Waals surface area contributed by atoms with E-state index < -0.39 is 21.3 Å². The molecule has 0 fully saturated rings. The maximum atomic E-state index is 12.5. The Bertz CT molecular complexity index is 1190. The molecule has 0 aliphatic carbocycles. The number of nitrogens with zero attached hydrogens (tertiary/aromatic N) is 3. The minimum absolute atomic E-state index is 0.0176. The van der Waals surface area contributed by atoms with E-state index in [4.69, 9.17) is 5.14 Å². The number of hydrogen-bond acceptors (Lipinski definition) is 6. The molecule has 0 radical (unpaired) electrons. The predicted molar refractivity (Wildman–Crippen MR) is 93.3 cm³/mol. The summed E-state index contributed by atoms with van der Waals surface area (Å²) in [6.45, 7) is 0. The van der Waals surface area contributed by atoms with E-state index in [1.807, 2.05) is 0 Å². The van der Waals surface area contributed by atoms with E-state index in [1.165, 1.54) is 49.1 Å². The van der Waals surface area contributed by atoms with E-state index >= 15 is 0 Å². The number of aryl methyl sites for hydroxylation is 1. The number of nitrogens with one attached hydrogen (secondary N) is 1. The first-order chi connectivity index (χ1) is 11.7. The standard InChI is InChI=1S/C15H15N5O4S/c1-19-13-12(14(21)20(2)15(19)22)11(7-8-17-13)18-9-3-5-10(6-4-9)25(16,23)24/h3-8H,1-2H3,(H,17,18)(H2,16,23,24). The summed E-state index contributed by atoms with van der Waals surface area (Å²) in [6.07, 6.45) is 1.47. The zero-order valence-corrected chi connectivity index (χ0v) is 14.2. The molecule has 3 rings (SSSR count). The average Bonchev–Trinajstić information content (AvgIpc) is 2.57.